The van der Waals surface area contributed by atoms with Gasteiger partial charge in [-0.3, -0.25) is 0 Å². The summed E-state index contributed by atoms with van der Waals surface area (Å²) >= 11 is 0. The Morgan fingerprint density at radius 2 is 1.93 bits per heavy atom. The first-order valence-electron chi connectivity index (χ1n) is 10.0. The molecule has 2 atom stereocenters. The van der Waals surface area contributed by atoms with Gasteiger partial charge in [0.2, 0.25) is 5.95 Å². The molecule has 1 aromatic rings. The zero-order chi connectivity index (χ0) is 20.0. The number of hydrogen-bond donors (Lipinski definition) is 1. The maximum atomic E-state index is 6.39. The molecule has 0 saturated carbocycles. The summed E-state index contributed by atoms with van der Waals surface area (Å²) < 4.78 is 5.58. The Bertz CT molecular complexity index is 833. The first kappa shape index (κ1) is 18.8. The van der Waals surface area contributed by atoms with Gasteiger partial charge in [-0.15, -0.1) is 0 Å². The summed E-state index contributed by atoms with van der Waals surface area (Å²) in [5.41, 5.74) is 8.74. The summed E-state index contributed by atoms with van der Waals surface area (Å²) in [6, 6.07) is 0. The maximum Gasteiger partial charge on any atom is 0.227 e. The normalized spacial score (nSPS) is 24.6. The van der Waals surface area contributed by atoms with Gasteiger partial charge in [0, 0.05) is 45.0 Å². The van der Waals surface area contributed by atoms with E-state index in [2.05, 4.69) is 34.9 Å². The molecule has 0 aromatic carbocycles. The minimum atomic E-state index is 0.527. The van der Waals surface area contributed by atoms with E-state index < -0.39 is 0 Å². The molecule has 4 heterocycles. The number of likely N-dealkylation sites (tertiary alicyclic amines) is 1. The fraction of sp³-hybridized carbons (Fsp3) is 0.524. The smallest absolute Gasteiger partial charge is 0.227 e. The van der Waals surface area contributed by atoms with Crippen molar-refractivity contribution in [2.45, 2.75) is 13.8 Å². The largest absolute Gasteiger partial charge is 0.494 e. The van der Waals surface area contributed by atoms with Crippen LogP contribution in [0.3, 0.4) is 0 Å². The molecule has 150 valence electrons. The van der Waals surface area contributed by atoms with Crippen molar-refractivity contribution in [2.75, 3.05) is 56.2 Å². The molecule has 0 aliphatic carbocycles. The van der Waals surface area contributed by atoms with Gasteiger partial charge in [-0.1, -0.05) is 20.1 Å². The van der Waals surface area contributed by atoms with Crippen molar-refractivity contribution < 1.29 is 4.74 Å². The van der Waals surface area contributed by atoms with E-state index in [0.717, 1.165) is 48.1 Å². The molecule has 2 N–H and O–H groups in total. The molecule has 0 bridgehead atoms. The molecule has 7 nitrogen and oxygen atoms in total. The Kier molecular flexibility index (Phi) is 4.79. The first-order chi connectivity index (χ1) is 13.4. The molecule has 3 aliphatic heterocycles. The number of rotatable bonds is 5. The Labute approximate surface area is 167 Å². The van der Waals surface area contributed by atoms with Crippen molar-refractivity contribution in [1.82, 2.24) is 14.9 Å². The second-order valence-corrected chi connectivity index (χ2v) is 7.84. The molecule has 7 heteroatoms. The van der Waals surface area contributed by atoms with E-state index >= 15 is 0 Å². The van der Waals surface area contributed by atoms with Crippen LogP contribution in [0.2, 0.25) is 0 Å². The quantitative estimate of drug-likeness (QED) is 0.782. The molecule has 4 rings (SSSR count). The molecule has 28 heavy (non-hydrogen) atoms. The van der Waals surface area contributed by atoms with Crippen LogP contribution in [0.5, 0.6) is 0 Å². The molecule has 2 saturated heterocycles. The Balaban J connectivity index is 1.59. The summed E-state index contributed by atoms with van der Waals surface area (Å²) in [5, 5.41) is 0. The second-order valence-electron chi connectivity index (χ2n) is 7.84. The predicted molar refractivity (Wildman–Crippen MR) is 113 cm³/mol. The highest BCUT2D eigenvalue weighted by Gasteiger charge is 2.40. The van der Waals surface area contributed by atoms with Gasteiger partial charge in [-0.05, 0) is 30.9 Å². The van der Waals surface area contributed by atoms with Crippen LogP contribution in [-0.4, -0.2) is 61.2 Å². The average molecular weight is 383 g/mol. The SMILES string of the molecule is C=C(OCC)C1=C(N)N(C)c2nc(N3CC4CN(CC)CC4C3)ncc2C1=C. The van der Waals surface area contributed by atoms with E-state index in [-0.39, 0.29) is 0 Å². The van der Waals surface area contributed by atoms with E-state index in [1.165, 1.54) is 13.1 Å². The third kappa shape index (κ3) is 2.94. The standard InChI is InChI=1S/C21H30N6O/c1-6-26-9-15-11-27(12-16(15)10-26)21-23-8-17-13(3)18(14(4)28-7-2)19(22)25(5)20(17)24-21/h8,15-16H,3-4,6-7,9-12,22H2,1-2,5H3. The number of fused-ring (bicyclic) bond motifs is 2. The van der Waals surface area contributed by atoms with Crippen LogP contribution in [0, 0.1) is 11.8 Å². The van der Waals surface area contributed by atoms with Gasteiger partial charge in [0.25, 0.3) is 0 Å². The van der Waals surface area contributed by atoms with Gasteiger partial charge in [-0.25, -0.2) is 4.98 Å². The molecule has 0 spiro atoms. The lowest BCUT2D eigenvalue weighted by Crippen LogP contribution is -2.33. The minimum Gasteiger partial charge on any atom is -0.494 e. The van der Waals surface area contributed by atoms with Crippen molar-refractivity contribution in [2.24, 2.45) is 17.6 Å². The highest BCUT2D eigenvalue weighted by Crippen LogP contribution is 2.40. The van der Waals surface area contributed by atoms with Crippen molar-refractivity contribution in [3.63, 3.8) is 0 Å². The van der Waals surface area contributed by atoms with E-state index in [0.29, 0.717) is 30.0 Å². The van der Waals surface area contributed by atoms with Crippen molar-refractivity contribution >= 4 is 17.3 Å². The summed E-state index contributed by atoms with van der Waals surface area (Å²) in [6.07, 6.45) is 1.86. The van der Waals surface area contributed by atoms with Gasteiger partial charge in [0.15, 0.2) is 0 Å². The molecule has 2 unspecified atom stereocenters. The number of allylic oxidation sites excluding steroid dienone is 1. The van der Waals surface area contributed by atoms with E-state index in [1.54, 1.807) is 0 Å². The first-order valence-corrected chi connectivity index (χ1v) is 10.0. The van der Waals surface area contributed by atoms with Gasteiger partial charge in [-0.2, -0.15) is 4.98 Å². The number of ether oxygens (including phenoxy) is 1. The minimum absolute atomic E-state index is 0.527. The zero-order valence-electron chi connectivity index (χ0n) is 17.1. The Morgan fingerprint density at radius 3 is 2.54 bits per heavy atom. The number of aromatic nitrogens is 2. The number of hydrogen-bond acceptors (Lipinski definition) is 7. The molecule has 1 aromatic heterocycles. The topological polar surface area (TPSA) is 70.8 Å². The van der Waals surface area contributed by atoms with E-state index in [4.69, 9.17) is 15.5 Å². The predicted octanol–water partition coefficient (Wildman–Crippen LogP) is 2.05. The van der Waals surface area contributed by atoms with Crippen LogP contribution in [0.1, 0.15) is 19.4 Å². The lowest BCUT2D eigenvalue weighted by Gasteiger charge is -2.31. The van der Waals surface area contributed by atoms with Crippen LogP contribution >= 0.6 is 0 Å². The fourth-order valence-electron chi connectivity index (χ4n) is 4.63. The zero-order valence-corrected chi connectivity index (χ0v) is 17.1. The molecule has 2 fully saturated rings. The lowest BCUT2D eigenvalue weighted by atomic mass is 9.96. The highest BCUT2D eigenvalue weighted by atomic mass is 16.5. The number of nitrogens with two attached hydrogens (primary N) is 1. The van der Waals surface area contributed by atoms with Crippen LogP contribution < -0.4 is 15.5 Å². The monoisotopic (exact) mass is 382 g/mol. The summed E-state index contributed by atoms with van der Waals surface area (Å²) in [5.74, 6) is 4.05. The molecular weight excluding hydrogens is 352 g/mol. The van der Waals surface area contributed by atoms with Crippen molar-refractivity contribution in [3.05, 3.63) is 42.1 Å². The third-order valence-electron chi connectivity index (χ3n) is 6.21. The van der Waals surface area contributed by atoms with Crippen LogP contribution in [0.25, 0.3) is 5.57 Å². The summed E-state index contributed by atoms with van der Waals surface area (Å²) in [6.45, 7) is 18.4. The Hall–Kier alpha value is -2.54. The highest BCUT2D eigenvalue weighted by molar-refractivity contribution is 5.91. The summed E-state index contributed by atoms with van der Waals surface area (Å²) in [4.78, 5) is 16.3. The maximum absolute atomic E-state index is 6.39. The second kappa shape index (κ2) is 7.13. The molecule has 0 radical (unpaired) electrons. The molecule has 0 amide bonds. The van der Waals surface area contributed by atoms with Crippen molar-refractivity contribution in [3.8, 4) is 0 Å². The average Bonchev–Trinajstić information content (AvgIpc) is 3.25. The molecular formula is C21H30N6O. The van der Waals surface area contributed by atoms with Gasteiger partial charge >= 0.3 is 0 Å². The van der Waals surface area contributed by atoms with E-state index in [9.17, 15) is 0 Å². The van der Waals surface area contributed by atoms with Crippen molar-refractivity contribution in [1.29, 1.82) is 0 Å². The number of nitrogens with zero attached hydrogens (tertiary/aromatic N) is 5. The number of anilines is 2. The van der Waals surface area contributed by atoms with Gasteiger partial charge in [0.05, 0.1) is 12.2 Å². The van der Waals surface area contributed by atoms with Crippen LogP contribution in [0.15, 0.2) is 36.5 Å². The fourth-order valence-corrected chi connectivity index (χ4v) is 4.63. The lowest BCUT2D eigenvalue weighted by molar-refractivity contribution is 0.240. The van der Waals surface area contributed by atoms with E-state index in [1.807, 2.05) is 25.1 Å². The van der Waals surface area contributed by atoms with Crippen LogP contribution in [-0.2, 0) is 4.74 Å². The molecule has 3 aliphatic rings. The third-order valence-corrected chi connectivity index (χ3v) is 6.21. The summed E-state index contributed by atoms with van der Waals surface area (Å²) in [7, 11) is 1.91. The van der Waals surface area contributed by atoms with Gasteiger partial charge < -0.3 is 25.2 Å². The van der Waals surface area contributed by atoms with Gasteiger partial charge in [0.1, 0.15) is 17.4 Å². The Morgan fingerprint density at radius 1 is 1.25 bits per heavy atom. The van der Waals surface area contributed by atoms with Crippen LogP contribution in [0.4, 0.5) is 11.8 Å².